The molecule has 2 N–H and O–H groups in total. The van der Waals surface area contributed by atoms with Gasteiger partial charge in [0.1, 0.15) is 5.75 Å². The molecule has 6 heteroatoms. The zero-order valence-electron chi connectivity index (χ0n) is 11.7. The first-order valence-corrected chi connectivity index (χ1v) is 7.53. The second-order valence-electron chi connectivity index (χ2n) is 4.87. The molecule has 1 aromatic rings. The largest absolute Gasteiger partial charge is 0.479 e. The third-order valence-electron chi connectivity index (χ3n) is 2.74. The van der Waals surface area contributed by atoms with Crippen molar-refractivity contribution in [3.63, 3.8) is 0 Å². The van der Waals surface area contributed by atoms with Crippen molar-refractivity contribution in [3.8, 4) is 5.75 Å². The predicted octanol–water partition coefficient (Wildman–Crippen LogP) is 2.49. The lowest BCUT2D eigenvalue weighted by atomic mass is 10.2. The van der Waals surface area contributed by atoms with Crippen LogP contribution in [-0.4, -0.2) is 28.9 Å². The van der Waals surface area contributed by atoms with Gasteiger partial charge >= 0.3 is 0 Å². The molecule has 0 saturated heterocycles. The second kappa shape index (κ2) is 6.17. The first-order chi connectivity index (χ1) is 9.45. The lowest BCUT2D eigenvalue weighted by molar-refractivity contribution is -0.122. The Kier molecular flexibility index (Phi) is 4.54. The van der Waals surface area contributed by atoms with Crippen molar-refractivity contribution < 1.29 is 14.3 Å². The number of hydrogen-bond donors (Lipinski definition) is 2. The summed E-state index contributed by atoms with van der Waals surface area (Å²) in [7, 11) is 0. The van der Waals surface area contributed by atoms with Crippen LogP contribution in [0.25, 0.3) is 0 Å². The number of thioether (sulfide) groups is 1. The summed E-state index contributed by atoms with van der Waals surface area (Å²) < 4.78 is 5.45. The molecule has 2 rings (SSSR count). The summed E-state index contributed by atoms with van der Waals surface area (Å²) in [6.45, 7) is 5.78. The van der Waals surface area contributed by atoms with Crippen molar-refractivity contribution in [1.29, 1.82) is 0 Å². The zero-order chi connectivity index (χ0) is 14.7. The number of rotatable bonds is 4. The number of fused-ring (bicyclic) bond motifs is 1. The Balaban J connectivity index is 2.02. The van der Waals surface area contributed by atoms with Gasteiger partial charge in [0.15, 0.2) is 6.10 Å². The van der Waals surface area contributed by atoms with Gasteiger partial charge in [-0.15, -0.1) is 11.8 Å². The molecule has 0 aliphatic carbocycles. The highest BCUT2D eigenvalue weighted by Crippen LogP contribution is 2.32. The van der Waals surface area contributed by atoms with Crippen molar-refractivity contribution in [3.05, 3.63) is 18.2 Å². The van der Waals surface area contributed by atoms with Crippen molar-refractivity contribution in [2.24, 2.45) is 0 Å². The Morgan fingerprint density at radius 1 is 1.50 bits per heavy atom. The van der Waals surface area contributed by atoms with Crippen LogP contribution in [0.4, 0.5) is 11.4 Å². The molecule has 0 unspecified atom stereocenters. The van der Waals surface area contributed by atoms with Gasteiger partial charge in [-0.1, -0.05) is 13.8 Å². The lowest BCUT2D eigenvalue weighted by Gasteiger charge is -2.23. The Labute approximate surface area is 122 Å². The van der Waals surface area contributed by atoms with Crippen LogP contribution in [0.1, 0.15) is 20.8 Å². The molecule has 0 saturated carbocycles. The quantitative estimate of drug-likeness (QED) is 0.895. The summed E-state index contributed by atoms with van der Waals surface area (Å²) >= 11 is 1.58. The van der Waals surface area contributed by atoms with E-state index in [1.807, 2.05) is 13.8 Å². The third kappa shape index (κ3) is 3.66. The number of carbonyl (C=O) groups is 2. The summed E-state index contributed by atoms with van der Waals surface area (Å²) in [6, 6.07) is 5.22. The molecule has 2 amide bonds. The van der Waals surface area contributed by atoms with E-state index < -0.39 is 6.10 Å². The SMILES string of the molecule is CC(C)SCC(=O)Nc1ccc2c(c1)NC(=O)[C@H](C)O2. The average Bonchev–Trinajstić information content (AvgIpc) is 2.38. The molecular formula is C14H18N2O3S. The normalized spacial score (nSPS) is 17.2. The van der Waals surface area contributed by atoms with Gasteiger partial charge in [-0.25, -0.2) is 0 Å². The van der Waals surface area contributed by atoms with Crippen molar-refractivity contribution >= 4 is 35.0 Å². The van der Waals surface area contributed by atoms with Crippen molar-refractivity contribution in [1.82, 2.24) is 0 Å². The number of amides is 2. The van der Waals surface area contributed by atoms with Gasteiger partial charge in [0.2, 0.25) is 5.91 Å². The van der Waals surface area contributed by atoms with E-state index in [2.05, 4.69) is 10.6 Å². The zero-order valence-corrected chi connectivity index (χ0v) is 12.5. The van der Waals surface area contributed by atoms with E-state index in [1.165, 1.54) is 0 Å². The van der Waals surface area contributed by atoms with E-state index in [0.29, 0.717) is 28.1 Å². The van der Waals surface area contributed by atoms with Crippen LogP contribution >= 0.6 is 11.8 Å². The molecule has 20 heavy (non-hydrogen) atoms. The minimum absolute atomic E-state index is 0.0555. The minimum atomic E-state index is -0.495. The lowest BCUT2D eigenvalue weighted by Crippen LogP contribution is -2.34. The number of carbonyl (C=O) groups excluding carboxylic acids is 2. The van der Waals surface area contributed by atoms with Crippen molar-refractivity contribution in [2.45, 2.75) is 32.1 Å². The molecule has 1 aromatic carbocycles. The highest BCUT2D eigenvalue weighted by Gasteiger charge is 2.23. The monoisotopic (exact) mass is 294 g/mol. The maximum Gasteiger partial charge on any atom is 0.265 e. The van der Waals surface area contributed by atoms with Gasteiger partial charge in [0.25, 0.3) is 5.91 Å². The number of ether oxygens (including phenoxy) is 1. The number of benzene rings is 1. The summed E-state index contributed by atoms with van der Waals surface area (Å²) in [6.07, 6.45) is -0.495. The van der Waals surface area contributed by atoms with Crippen LogP contribution < -0.4 is 15.4 Å². The van der Waals surface area contributed by atoms with Crippen molar-refractivity contribution in [2.75, 3.05) is 16.4 Å². The highest BCUT2D eigenvalue weighted by molar-refractivity contribution is 8.00. The molecule has 1 atom stereocenters. The smallest absolute Gasteiger partial charge is 0.265 e. The maximum absolute atomic E-state index is 11.8. The molecule has 1 heterocycles. The van der Waals surface area contributed by atoms with Crippen LogP contribution in [0, 0.1) is 0 Å². The number of hydrogen-bond acceptors (Lipinski definition) is 4. The Hall–Kier alpha value is -1.69. The summed E-state index contributed by atoms with van der Waals surface area (Å²) in [5, 5.41) is 5.98. The molecule has 1 aliphatic rings. The fraction of sp³-hybridized carbons (Fsp3) is 0.429. The Morgan fingerprint density at radius 3 is 2.95 bits per heavy atom. The molecular weight excluding hydrogens is 276 g/mol. The first kappa shape index (κ1) is 14.7. The molecule has 0 aromatic heterocycles. The van der Waals surface area contributed by atoms with Crippen LogP contribution in [0.15, 0.2) is 18.2 Å². The van der Waals surface area contributed by atoms with Gasteiger partial charge < -0.3 is 15.4 Å². The number of anilines is 2. The fourth-order valence-corrected chi connectivity index (χ4v) is 2.28. The maximum atomic E-state index is 11.8. The molecule has 0 radical (unpaired) electrons. The van der Waals surface area contributed by atoms with E-state index in [0.717, 1.165) is 0 Å². The van der Waals surface area contributed by atoms with Gasteiger partial charge in [0.05, 0.1) is 11.4 Å². The van der Waals surface area contributed by atoms with E-state index in [9.17, 15) is 9.59 Å². The standard InChI is InChI=1S/C14H18N2O3S/c1-8(2)20-7-13(17)15-10-4-5-12-11(6-10)16-14(18)9(3)19-12/h4-6,8-9H,7H2,1-3H3,(H,15,17)(H,16,18)/t9-/m0/s1. The Bertz CT molecular complexity index is 531. The summed E-state index contributed by atoms with van der Waals surface area (Å²) in [4.78, 5) is 23.3. The van der Waals surface area contributed by atoms with Crippen LogP contribution in [0.5, 0.6) is 5.75 Å². The van der Waals surface area contributed by atoms with Gasteiger partial charge in [-0.05, 0) is 30.4 Å². The van der Waals surface area contributed by atoms with Crippen LogP contribution in [-0.2, 0) is 9.59 Å². The molecule has 0 spiro atoms. The molecule has 5 nitrogen and oxygen atoms in total. The molecule has 108 valence electrons. The van der Waals surface area contributed by atoms with Gasteiger partial charge in [-0.3, -0.25) is 9.59 Å². The van der Waals surface area contributed by atoms with Crippen LogP contribution in [0.3, 0.4) is 0 Å². The van der Waals surface area contributed by atoms with Gasteiger partial charge in [-0.2, -0.15) is 0 Å². The molecule has 0 fully saturated rings. The summed E-state index contributed by atoms with van der Waals surface area (Å²) in [5.41, 5.74) is 1.24. The summed E-state index contributed by atoms with van der Waals surface area (Å²) in [5.74, 6) is 0.789. The third-order valence-corrected chi connectivity index (χ3v) is 3.84. The fourth-order valence-electron chi connectivity index (χ4n) is 1.73. The topological polar surface area (TPSA) is 67.4 Å². The van der Waals surface area contributed by atoms with E-state index in [-0.39, 0.29) is 11.8 Å². The van der Waals surface area contributed by atoms with E-state index in [1.54, 1.807) is 36.9 Å². The first-order valence-electron chi connectivity index (χ1n) is 6.48. The second-order valence-corrected chi connectivity index (χ2v) is 6.43. The minimum Gasteiger partial charge on any atom is -0.479 e. The highest BCUT2D eigenvalue weighted by atomic mass is 32.2. The molecule has 1 aliphatic heterocycles. The van der Waals surface area contributed by atoms with Crippen LogP contribution in [0.2, 0.25) is 0 Å². The molecule has 0 bridgehead atoms. The number of nitrogens with one attached hydrogen (secondary N) is 2. The predicted molar refractivity (Wildman–Crippen MR) is 81.4 cm³/mol. The van der Waals surface area contributed by atoms with E-state index in [4.69, 9.17) is 4.74 Å². The Morgan fingerprint density at radius 2 is 2.25 bits per heavy atom. The van der Waals surface area contributed by atoms with E-state index >= 15 is 0 Å². The average molecular weight is 294 g/mol. The van der Waals surface area contributed by atoms with Gasteiger partial charge in [0, 0.05) is 5.69 Å².